The fraction of sp³-hybridized carbons (Fsp3) is 0.652. The highest BCUT2D eigenvalue weighted by Gasteiger charge is 2.41. The highest BCUT2D eigenvalue weighted by atomic mass is 19.1. The van der Waals surface area contributed by atoms with Crippen molar-refractivity contribution < 1.29 is 23.8 Å². The molecule has 0 aliphatic carbocycles. The van der Waals surface area contributed by atoms with Crippen LogP contribution in [0.2, 0.25) is 0 Å². The van der Waals surface area contributed by atoms with E-state index in [4.69, 9.17) is 4.74 Å². The Bertz CT molecular complexity index is 808. The number of morpholine rings is 1. The number of amides is 1. The second-order valence-electron chi connectivity index (χ2n) is 9.65. The van der Waals surface area contributed by atoms with Crippen LogP contribution in [0, 0.1) is 11.2 Å². The fourth-order valence-electron chi connectivity index (χ4n) is 4.07. The Kier molecular flexibility index (Phi) is 8.08. The van der Waals surface area contributed by atoms with E-state index >= 15 is 0 Å². The SMILES string of the molecule is CC(C)(C)CCN1C(=O)C(CC(=O)O)NC1c1cccc(F)c1NCCN1CCOCC1. The Morgan fingerprint density at radius 3 is 2.66 bits per heavy atom. The normalized spacial score (nSPS) is 22.4. The molecule has 2 fully saturated rings. The van der Waals surface area contributed by atoms with Crippen molar-refractivity contribution >= 4 is 17.6 Å². The minimum atomic E-state index is -1.05. The average Bonchev–Trinajstić information content (AvgIpc) is 3.02. The molecule has 8 nitrogen and oxygen atoms in total. The molecule has 1 amide bonds. The molecule has 2 aliphatic rings. The predicted octanol–water partition coefficient (Wildman–Crippen LogP) is 2.28. The van der Waals surface area contributed by atoms with E-state index in [1.165, 1.54) is 6.07 Å². The lowest BCUT2D eigenvalue weighted by Crippen LogP contribution is -2.39. The molecular weight excluding hydrogens is 415 g/mol. The number of carbonyl (C=O) groups is 2. The molecule has 3 N–H and O–H groups in total. The van der Waals surface area contributed by atoms with Gasteiger partial charge in [-0.2, -0.15) is 0 Å². The Morgan fingerprint density at radius 2 is 2.00 bits per heavy atom. The van der Waals surface area contributed by atoms with E-state index in [2.05, 4.69) is 36.3 Å². The number of ether oxygens (including phenoxy) is 1. The van der Waals surface area contributed by atoms with E-state index in [1.807, 2.05) is 0 Å². The number of nitrogens with zero attached hydrogens (tertiary/aromatic N) is 2. The Hall–Kier alpha value is -2.23. The topological polar surface area (TPSA) is 94.1 Å². The van der Waals surface area contributed by atoms with Crippen molar-refractivity contribution in [2.45, 2.75) is 45.8 Å². The monoisotopic (exact) mass is 450 g/mol. The highest BCUT2D eigenvalue weighted by molar-refractivity contribution is 5.88. The maximum Gasteiger partial charge on any atom is 0.305 e. The summed E-state index contributed by atoms with van der Waals surface area (Å²) in [6.07, 6.45) is -0.154. The van der Waals surface area contributed by atoms with Gasteiger partial charge >= 0.3 is 5.97 Å². The average molecular weight is 451 g/mol. The lowest BCUT2D eigenvalue weighted by Gasteiger charge is -2.30. The smallest absolute Gasteiger partial charge is 0.305 e. The molecule has 9 heteroatoms. The lowest BCUT2D eigenvalue weighted by atomic mass is 9.92. The Morgan fingerprint density at radius 1 is 1.28 bits per heavy atom. The van der Waals surface area contributed by atoms with Crippen LogP contribution in [-0.4, -0.2) is 78.8 Å². The number of carboxylic acids is 1. The molecular formula is C23H35FN4O4. The van der Waals surface area contributed by atoms with E-state index in [0.29, 0.717) is 37.6 Å². The Labute approximate surface area is 189 Å². The van der Waals surface area contributed by atoms with Crippen LogP contribution in [0.25, 0.3) is 0 Å². The van der Waals surface area contributed by atoms with Crippen LogP contribution in [0.1, 0.15) is 45.3 Å². The first-order chi connectivity index (χ1) is 15.2. The van der Waals surface area contributed by atoms with E-state index in [9.17, 15) is 19.1 Å². The largest absolute Gasteiger partial charge is 0.481 e. The molecule has 178 valence electrons. The molecule has 1 aromatic rings. The molecule has 2 atom stereocenters. The fourth-order valence-corrected chi connectivity index (χ4v) is 4.07. The van der Waals surface area contributed by atoms with Crippen LogP contribution in [0.3, 0.4) is 0 Å². The molecule has 2 unspecified atom stereocenters. The van der Waals surface area contributed by atoms with Crippen LogP contribution in [-0.2, 0) is 14.3 Å². The van der Waals surface area contributed by atoms with Crippen LogP contribution >= 0.6 is 0 Å². The van der Waals surface area contributed by atoms with Crippen LogP contribution < -0.4 is 10.6 Å². The number of carboxylic acid groups (broad SMARTS) is 1. The van der Waals surface area contributed by atoms with Crippen LogP contribution in [0.15, 0.2) is 18.2 Å². The molecule has 2 heterocycles. The summed E-state index contributed by atoms with van der Waals surface area (Å²) in [4.78, 5) is 28.2. The summed E-state index contributed by atoms with van der Waals surface area (Å²) in [6, 6.07) is 3.97. The zero-order chi connectivity index (χ0) is 23.3. The van der Waals surface area contributed by atoms with Gasteiger partial charge in [0.15, 0.2) is 0 Å². The molecule has 0 aromatic heterocycles. The quantitative estimate of drug-likeness (QED) is 0.531. The number of para-hydroxylation sites is 1. The summed E-state index contributed by atoms with van der Waals surface area (Å²) in [7, 11) is 0. The van der Waals surface area contributed by atoms with Gasteiger partial charge in [-0.25, -0.2) is 4.39 Å². The van der Waals surface area contributed by atoms with Crippen molar-refractivity contribution in [3.8, 4) is 0 Å². The van der Waals surface area contributed by atoms with Crippen molar-refractivity contribution in [3.05, 3.63) is 29.6 Å². The van der Waals surface area contributed by atoms with Crippen molar-refractivity contribution in [2.24, 2.45) is 5.41 Å². The van der Waals surface area contributed by atoms with Crippen molar-refractivity contribution in [1.82, 2.24) is 15.1 Å². The molecule has 0 radical (unpaired) electrons. The van der Waals surface area contributed by atoms with E-state index in [-0.39, 0.29) is 17.7 Å². The van der Waals surface area contributed by atoms with Gasteiger partial charge in [0, 0.05) is 38.3 Å². The summed E-state index contributed by atoms with van der Waals surface area (Å²) >= 11 is 0. The molecule has 2 saturated heterocycles. The van der Waals surface area contributed by atoms with Crippen molar-refractivity contribution in [2.75, 3.05) is 51.3 Å². The summed E-state index contributed by atoms with van der Waals surface area (Å²) in [6.45, 7) is 11.1. The Balaban J connectivity index is 1.79. The second-order valence-corrected chi connectivity index (χ2v) is 9.65. The number of benzene rings is 1. The third kappa shape index (κ3) is 6.40. The molecule has 1 aromatic carbocycles. The van der Waals surface area contributed by atoms with Gasteiger partial charge in [-0.05, 0) is 17.9 Å². The summed E-state index contributed by atoms with van der Waals surface area (Å²) in [5.41, 5.74) is 0.960. The maximum absolute atomic E-state index is 14.9. The van der Waals surface area contributed by atoms with Crippen LogP contribution in [0.5, 0.6) is 0 Å². The third-order valence-electron chi connectivity index (χ3n) is 5.91. The molecule has 2 aliphatic heterocycles. The summed E-state index contributed by atoms with van der Waals surface area (Å²) in [5.74, 6) is -1.70. The molecule has 0 spiro atoms. The molecule has 0 saturated carbocycles. The van der Waals surface area contributed by atoms with Gasteiger partial charge in [-0.3, -0.25) is 19.8 Å². The number of hydrogen-bond acceptors (Lipinski definition) is 6. The molecule has 3 rings (SSSR count). The van der Waals surface area contributed by atoms with Gasteiger partial charge in [0.25, 0.3) is 0 Å². The van der Waals surface area contributed by atoms with Gasteiger partial charge in [0.2, 0.25) is 5.91 Å². The van der Waals surface area contributed by atoms with Crippen molar-refractivity contribution in [1.29, 1.82) is 0 Å². The maximum atomic E-state index is 14.9. The first kappa shape index (κ1) is 24.4. The standard InChI is InChI=1S/C23H35FN4O4/c1-23(2,3)7-9-28-21(26-18(22(28)31)15-19(29)30)16-5-4-6-17(24)20(16)25-8-10-27-11-13-32-14-12-27/h4-6,18,21,25-26H,7-15H2,1-3H3,(H,29,30). The number of rotatable bonds is 9. The number of halogens is 1. The zero-order valence-corrected chi connectivity index (χ0v) is 19.2. The second kappa shape index (κ2) is 10.6. The zero-order valence-electron chi connectivity index (χ0n) is 19.2. The predicted molar refractivity (Wildman–Crippen MR) is 120 cm³/mol. The first-order valence-electron chi connectivity index (χ1n) is 11.3. The number of aliphatic carboxylic acids is 1. The molecule has 32 heavy (non-hydrogen) atoms. The molecule has 0 bridgehead atoms. The number of carbonyl (C=O) groups excluding carboxylic acids is 1. The minimum absolute atomic E-state index is 0.00309. The van der Waals surface area contributed by atoms with Gasteiger partial charge in [-0.1, -0.05) is 32.9 Å². The summed E-state index contributed by atoms with van der Waals surface area (Å²) < 4.78 is 20.2. The number of hydrogen-bond donors (Lipinski definition) is 3. The minimum Gasteiger partial charge on any atom is -0.481 e. The third-order valence-corrected chi connectivity index (χ3v) is 5.91. The number of anilines is 1. The van der Waals surface area contributed by atoms with E-state index in [0.717, 1.165) is 26.1 Å². The van der Waals surface area contributed by atoms with Gasteiger partial charge in [0.05, 0.1) is 31.4 Å². The van der Waals surface area contributed by atoms with Gasteiger partial charge in [-0.15, -0.1) is 0 Å². The van der Waals surface area contributed by atoms with Crippen LogP contribution in [0.4, 0.5) is 10.1 Å². The van der Waals surface area contributed by atoms with Gasteiger partial charge in [0.1, 0.15) is 12.0 Å². The number of nitrogens with one attached hydrogen (secondary N) is 2. The van der Waals surface area contributed by atoms with Crippen molar-refractivity contribution in [3.63, 3.8) is 0 Å². The lowest BCUT2D eigenvalue weighted by molar-refractivity contribution is -0.140. The highest BCUT2D eigenvalue weighted by Crippen LogP contribution is 2.34. The first-order valence-corrected chi connectivity index (χ1v) is 11.3. The van der Waals surface area contributed by atoms with E-state index < -0.39 is 24.0 Å². The van der Waals surface area contributed by atoms with Gasteiger partial charge < -0.3 is 20.1 Å². The van der Waals surface area contributed by atoms with E-state index in [1.54, 1.807) is 17.0 Å². The summed E-state index contributed by atoms with van der Waals surface area (Å²) in [5, 5.41) is 15.6.